The van der Waals surface area contributed by atoms with Crippen LogP contribution in [0.1, 0.15) is 39.6 Å². The number of rotatable bonds is 4. The van der Waals surface area contributed by atoms with E-state index >= 15 is 0 Å². The molecule has 1 atom stereocenters. The first-order chi connectivity index (χ1) is 13.1. The second-order valence-corrected chi connectivity index (χ2v) is 7.45. The van der Waals surface area contributed by atoms with E-state index in [9.17, 15) is 22.8 Å². The van der Waals surface area contributed by atoms with E-state index in [1.54, 1.807) is 6.92 Å². The summed E-state index contributed by atoms with van der Waals surface area (Å²) < 4.78 is 40.7. The van der Waals surface area contributed by atoms with Crippen molar-refractivity contribution in [2.24, 2.45) is 0 Å². The van der Waals surface area contributed by atoms with E-state index in [0.717, 1.165) is 11.8 Å². The van der Waals surface area contributed by atoms with Gasteiger partial charge in [0.1, 0.15) is 5.82 Å². The quantitative estimate of drug-likeness (QED) is 0.627. The molecule has 3 aromatic rings. The van der Waals surface area contributed by atoms with Crippen LogP contribution in [0.4, 0.5) is 13.2 Å². The van der Waals surface area contributed by atoms with Crippen LogP contribution >= 0.6 is 11.8 Å². The number of thioether (sulfide) groups is 1. The highest BCUT2D eigenvalue weighted by molar-refractivity contribution is 7.99. The van der Waals surface area contributed by atoms with Gasteiger partial charge in [0.15, 0.2) is 11.3 Å². The average Bonchev–Trinajstić information content (AvgIpc) is 2.60. The van der Waals surface area contributed by atoms with Crippen molar-refractivity contribution in [1.82, 2.24) is 15.0 Å². The second-order valence-electron chi connectivity index (χ2n) is 6.04. The summed E-state index contributed by atoms with van der Waals surface area (Å²) in [6.45, 7) is 3.02. The first-order valence-corrected chi connectivity index (χ1v) is 8.93. The second kappa shape index (κ2) is 7.27. The predicted molar refractivity (Wildman–Crippen MR) is 97.6 cm³/mol. The Kier molecular flexibility index (Phi) is 5.16. The largest absolute Gasteiger partial charge is 0.478 e. The Labute approximate surface area is 160 Å². The van der Waals surface area contributed by atoms with Gasteiger partial charge in [-0.2, -0.15) is 13.2 Å². The number of aromatic amines is 1. The van der Waals surface area contributed by atoms with E-state index in [0.29, 0.717) is 4.90 Å². The van der Waals surface area contributed by atoms with Crippen LogP contribution in [0.5, 0.6) is 0 Å². The first-order valence-electron chi connectivity index (χ1n) is 8.05. The lowest BCUT2D eigenvalue weighted by molar-refractivity contribution is -0.141. The molecule has 2 aromatic heterocycles. The molecule has 2 N–H and O–H groups in total. The number of halogens is 3. The van der Waals surface area contributed by atoms with Crippen molar-refractivity contribution in [3.63, 3.8) is 0 Å². The number of nitrogens with zero attached hydrogens (tertiary/aromatic N) is 2. The Morgan fingerprint density at radius 1 is 1.21 bits per heavy atom. The van der Waals surface area contributed by atoms with Crippen LogP contribution in [0, 0.1) is 6.92 Å². The van der Waals surface area contributed by atoms with E-state index in [4.69, 9.17) is 5.11 Å². The van der Waals surface area contributed by atoms with E-state index in [1.165, 1.54) is 37.3 Å². The van der Waals surface area contributed by atoms with Gasteiger partial charge in [-0.15, -0.1) is 11.8 Å². The van der Waals surface area contributed by atoms with Crippen molar-refractivity contribution in [2.45, 2.75) is 30.2 Å². The monoisotopic (exact) mass is 409 g/mol. The van der Waals surface area contributed by atoms with Crippen LogP contribution in [-0.2, 0) is 6.18 Å². The molecule has 2 heterocycles. The molecule has 1 aromatic carbocycles. The molecule has 0 bridgehead atoms. The number of nitrogens with one attached hydrogen (secondary N) is 1. The van der Waals surface area contributed by atoms with Gasteiger partial charge in [0.25, 0.3) is 5.56 Å². The third kappa shape index (κ3) is 4.01. The summed E-state index contributed by atoms with van der Waals surface area (Å²) in [5, 5.41) is 8.20. The zero-order valence-electron chi connectivity index (χ0n) is 14.7. The predicted octanol–water partition coefficient (Wildman–Crippen LogP) is 4.20. The highest BCUT2D eigenvalue weighted by atomic mass is 32.2. The van der Waals surface area contributed by atoms with Crippen molar-refractivity contribution >= 4 is 28.8 Å². The van der Waals surface area contributed by atoms with E-state index < -0.39 is 28.6 Å². The highest BCUT2D eigenvalue weighted by Crippen LogP contribution is 2.41. The number of carboxylic acid groups (broad SMARTS) is 1. The van der Waals surface area contributed by atoms with Crippen LogP contribution in [-0.4, -0.2) is 26.0 Å². The summed E-state index contributed by atoms with van der Waals surface area (Å²) in [5.74, 6) is -0.920. The van der Waals surface area contributed by atoms with Gasteiger partial charge >= 0.3 is 12.1 Å². The number of fused-ring (bicyclic) bond motifs is 1. The number of carbonyl (C=O) groups is 1. The minimum absolute atomic E-state index is 0.0257. The van der Waals surface area contributed by atoms with Gasteiger partial charge in [-0.1, -0.05) is 0 Å². The molecule has 3 rings (SSSR count). The van der Waals surface area contributed by atoms with Gasteiger partial charge in [0.05, 0.1) is 10.9 Å². The van der Waals surface area contributed by atoms with Crippen LogP contribution in [0.15, 0.2) is 40.0 Å². The molecule has 0 unspecified atom stereocenters. The van der Waals surface area contributed by atoms with Crippen molar-refractivity contribution in [3.8, 4) is 0 Å². The molecule has 0 amide bonds. The molecule has 6 nitrogen and oxygen atoms in total. The lowest BCUT2D eigenvalue weighted by atomic mass is 10.1. The number of carboxylic acids is 1. The average molecular weight is 409 g/mol. The number of aromatic carboxylic acids is 1. The van der Waals surface area contributed by atoms with Gasteiger partial charge in [-0.3, -0.25) is 4.79 Å². The maximum absolute atomic E-state index is 13.6. The van der Waals surface area contributed by atoms with Crippen LogP contribution in [0.25, 0.3) is 11.0 Å². The van der Waals surface area contributed by atoms with Crippen molar-refractivity contribution in [3.05, 3.63) is 63.3 Å². The van der Waals surface area contributed by atoms with Gasteiger partial charge in [-0.05, 0) is 49.7 Å². The Morgan fingerprint density at radius 2 is 1.86 bits per heavy atom. The number of hydrogen-bond acceptors (Lipinski definition) is 5. The summed E-state index contributed by atoms with van der Waals surface area (Å²) in [6.07, 6.45) is -4.72. The molecular weight excluding hydrogens is 395 g/mol. The maximum Gasteiger partial charge on any atom is 0.433 e. The maximum atomic E-state index is 13.6. The summed E-state index contributed by atoms with van der Waals surface area (Å²) >= 11 is 1.10. The number of hydrogen-bond donors (Lipinski definition) is 2. The molecule has 0 aliphatic carbocycles. The van der Waals surface area contributed by atoms with Gasteiger partial charge in [0, 0.05) is 10.1 Å². The third-order valence-corrected chi connectivity index (χ3v) is 5.12. The lowest BCUT2D eigenvalue weighted by Gasteiger charge is -2.18. The Bertz CT molecular complexity index is 1110. The van der Waals surface area contributed by atoms with Crippen molar-refractivity contribution < 1.29 is 23.1 Å². The molecule has 0 aliphatic rings. The number of aryl methyl sites for hydroxylation is 1. The molecule has 0 saturated heterocycles. The molecule has 0 fully saturated rings. The molecule has 0 spiro atoms. The van der Waals surface area contributed by atoms with Gasteiger partial charge < -0.3 is 10.1 Å². The number of H-pyrrole nitrogens is 1. The summed E-state index contributed by atoms with van der Waals surface area (Å²) in [4.78, 5) is 33.6. The number of benzene rings is 1. The highest BCUT2D eigenvalue weighted by Gasteiger charge is 2.37. The molecule has 0 saturated carbocycles. The van der Waals surface area contributed by atoms with Crippen LogP contribution in [0.3, 0.4) is 0 Å². The summed E-state index contributed by atoms with van der Waals surface area (Å²) in [6, 6.07) is 6.95. The molecule has 146 valence electrons. The Morgan fingerprint density at radius 3 is 2.43 bits per heavy atom. The molecular formula is C18H14F3N3O3S. The third-order valence-electron chi connectivity index (χ3n) is 3.97. The normalized spacial score (nSPS) is 12.9. The Hall–Kier alpha value is -2.88. The van der Waals surface area contributed by atoms with Crippen molar-refractivity contribution in [1.29, 1.82) is 0 Å². The van der Waals surface area contributed by atoms with Crippen LogP contribution < -0.4 is 5.56 Å². The van der Waals surface area contributed by atoms with Crippen molar-refractivity contribution in [2.75, 3.05) is 0 Å². The number of alkyl halides is 3. The van der Waals surface area contributed by atoms with Crippen LogP contribution in [0.2, 0.25) is 0 Å². The Balaban J connectivity index is 2.06. The zero-order chi connectivity index (χ0) is 20.6. The van der Waals surface area contributed by atoms with E-state index in [2.05, 4.69) is 15.0 Å². The van der Waals surface area contributed by atoms with E-state index in [-0.39, 0.29) is 28.0 Å². The summed E-state index contributed by atoms with van der Waals surface area (Å²) in [7, 11) is 0. The lowest BCUT2D eigenvalue weighted by Crippen LogP contribution is -2.17. The first kappa shape index (κ1) is 19.9. The topological polar surface area (TPSA) is 95.9 Å². The summed E-state index contributed by atoms with van der Waals surface area (Å²) in [5.41, 5.74) is -2.00. The fourth-order valence-corrected chi connectivity index (χ4v) is 3.68. The van der Waals surface area contributed by atoms with E-state index in [1.807, 2.05) is 0 Å². The molecule has 10 heteroatoms. The molecule has 0 aliphatic heterocycles. The SMILES string of the molecule is Cc1nc2nc(C(F)(F)F)c([C@@H](C)Sc3ccc(C(=O)O)cc3)cc2c(=O)[nH]1. The fourth-order valence-electron chi connectivity index (χ4n) is 2.67. The van der Waals surface area contributed by atoms with Gasteiger partial charge in [-0.25, -0.2) is 14.8 Å². The van der Waals surface area contributed by atoms with Gasteiger partial charge in [0.2, 0.25) is 0 Å². The number of pyridine rings is 1. The fraction of sp³-hybridized carbons (Fsp3) is 0.222. The molecule has 0 radical (unpaired) electrons. The standard InChI is InChI=1S/C18H14F3N3O3S/c1-8(28-11-5-3-10(4-6-11)17(26)27)12-7-13-15(22-9(2)23-16(13)25)24-14(12)18(19,20)21/h3-8H,1-2H3,(H,26,27)(H,22,23,24,25)/t8-/m1/s1. The smallest absolute Gasteiger partial charge is 0.433 e. The zero-order valence-corrected chi connectivity index (χ0v) is 15.5. The minimum atomic E-state index is -4.72. The number of aromatic nitrogens is 3. The minimum Gasteiger partial charge on any atom is -0.478 e. The molecule has 28 heavy (non-hydrogen) atoms.